The molecule has 0 N–H and O–H groups in total. The van der Waals surface area contributed by atoms with Crippen LogP contribution in [0.1, 0.15) is 0 Å². The van der Waals surface area contributed by atoms with Crippen LogP contribution in [-0.2, 0) is 0 Å². The second-order valence-electron chi connectivity index (χ2n) is 2.87. The molecule has 3 aromatic rings. The molecule has 0 aromatic carbocycles. The normalized spacial score (nSPS) is 11.2. The summed E-state index contributed by atoms with van der Waals surface area (Å²) < 4.78 is 1.82. The van der Waals surface area contributed by atoms with Gasteiger partial charge in [0.25, 0.3) is 0 Å². The van der Waals surface area contributed by atoms with Gasteiger partial charge >= 0.3 is 0 Å². The van der Waals surface area contributed by atoms with E-state index < -0.39 is 0 Å². The van der Waals surface area contributed by atoms with E-state index in [0.717, 1.165) is 11.2 Å². The molecule has 0 bridgehead atoms. The molecule has 0 aliphatic carbocycles. The highest BCUT2D eigenvalue weighted by Crippen LogP contribution is 2.18. The second kappa shape index (κ2) is 2.65. The van der Waals surface area contributed by atoms with Crippen LogP contribution in [-0.4, -0.2) is 19.4 Å². The zero-order valence-corrected chi connectivity index (χ0v) is 7.81. The number of aromatic nitrogens is 4. The average Bonchev–Trinajstić information content (AvgIpc) is 2.67. The highest BCUT2D eigenvalue weighted by atomic mass is 35.5. The predicted octanol–water partition coefficient (Wildman–Crippen LogP) is 1.93. The highest BCUT2D eigenvalue weighted by molar-refractivity contribution is 6.32. The molecular formula is C9H5ClN4. The number of fused-ring (bicyclic) bond motifs is 3. The molecule has 5 heteroatoms. The van der Waals surface area contributed by atoms with Crippen molar-refractivity contribution in [3.05, 3.63) is 35.9 Å². The third kappa shape index (κ3) is 0.914. The average molecular weight is 205 g/mol. The van der Waals surface area contributed by atoms with Gasteiger partial charge in [-0.05, 0) is 12.1 Å². The van der Waals surface area contributed by atoms with Gasteiger partial charge in [-0.3, -0.25) is 4.40 Å². The van der Waals surface area contributed by atoms with Crippen LogP contribution >= 0.6 is 11.6 Å². The molecule has 68 valence electrons. The number of hydrogen-bond donors (Lipinski definition) is 0. The molecule has 14 heavy (non-hydrogen) atoms. The van der Waals surface area contributed by atoms with Crippen molar-refractivity contribution in [2.45, 2.75) is 0 Å². The van der Waals surface area contributed by atoms with Crippen molar-refractivity contribution in [3.8, 4) is 0 Å². The van der Waals surface area contributed by atoms with Crippen LogP contribution in [0.4, 0.5) is 0 Å². The Morgan fingerprint density at radius 1 is 1.14 bits per heavy atom. The molecule has 0 spiro atoms. The summed E-state index contributed by atoms with van der Waals surface area (Å²) in [4.78, 5) is 12.5. The minimum Gasteiger partial charge on any atom is -0.280 e. The summed E-state index contributed by atoms with van der Waals surface area (Å²) in [6.07, 6.45) is 5.21. The van der Waals surface area contributed by atoms with E-state index in [-0.39, 0.29) is 0 Å². The first kappa shape index (κ1) is 7.70. The molecule has 0 unspecified atom stereocenters. The molecule has 0 saturated heterocycles. The summed E-state index contributed by atoms with van der Waals surface area (Å²) in [7, 11) is 0. The monoisotopic (exact) mass is 204 g/mol. The van der Waals surface area contributed by atoms with Crippen LogP contribution in [0.25, 0.3) is 16.8 Å². The van der Waals surface area contributed by atoms with Crippen LogP contribution in [0.3, 0.4) is 0 Å². The Hall–Kier alpha value is -1.68. The van der Waals surface area contributed by atoms with Crippen molar-refractivity contribution in [1.29, 1.82) is 0 Å². The van der Waals surface area contributed by atoms with Crippen molar-refractivity contribution >= 4 is 28.4 Å². The summed E-state index contributed by atoms with van der Waals surface area (Å²) in [6.45, 7) is 0. The van der Waals surface area contributed by atoms with Gasteiger partial charge in [0.2, 0.25) is 0 Å². The molecule has 0 saturated carbocycles. The molecule has 4 nitrogen and oxygen atoms in total. The first-order valence-corrected chi connectivity index (χ1v) is 4.47. The molecule has 0 fully saturated rings. The Kier molecular flexibility index (Phi) is 1.46. The van der Waals surface area contributed by atoms with Crippen molar-refractivity contribution in [2.24, 2.45) is 0 Å². The Labute approximate surface area is 84.2 Å². The lowest BCUT2D eigenvalue weighted by Crippen LogP contribution is -1.93. The number of nitrogens with zero attached hydrogens (tertiary/aromatic N) is 4. The smallest absolute Gasteiger partial charge is 0.176 e. The van der Waals surface area contributed by atoms with E-state index in [0.29, 0.717) is 10.8 Å². The third-order valence-corrected chi connectivity index (χ3v) is 2.29. The second-order valence-corrected chi connectivity index (χ2v) is 3.23. The topological polar surface area (TPSA) is 43.1 Å². The maximum atomic E-state index is 5.96. The Balaban J connectivity index is 2.66. The van der Waals surface area contributed by atoms with Crippen LogP contribution in [0.15, 0.2) is 30.7 Å². The minimum absolute atomic E-state index is 0.399. The van der Waals surface area contributed by atoms with Crippen LogP contribution in [0.2, 0.25) is 5.15 Å². The van der Waals surface area contributed by atoms with Crippen molar-refractivity contribution in [1.82, 2.24) is 19.4 Å². The fourth-order valence-corrected chi connectivity index (χ4v) is 1.67. The van der Waals surface area contributed by atoms with Gasteiger partial charge in [0, 0.05) is 18.6 Å². The SMILES string of the molecule is Clc1nc2cccnc2n2ccnc12. The van der Waals surface area contributed by atoms with Crippen LogP contribution in [0.5, 0.6) is 0 Å². The molecule has 0 radical (unpaired) electrons. The fraction of sp³-hybridized carbons (Fsp3) is 0. The molecule has 0 atom stereocenters. The Bertz CT molecular complexity index is 616. The molecule has 0 aliphatic rings. The zero-order chi connectivity index (χ0) is 9.54. The molecule has 3 aromatic heterocycles. The molecule has 3 heterocycles. The van der Waals surface area contributed by atoms with E-state index in [2.05, 4.69) is 15.0 Å². The van der Waals surface area contributed by atoms with Gasteiger partial charge in [0.1, 0.15) is 5.52 Å². The van der Waals surface area contributed by atoms with Gasteiger partial charge in [-0.1, -0.05) is 11.6 Å². The van der Waals surface area contributed by atoms with Gasteiger partial charge in [0.15, 0.2) is 16.4 Å². The largest absolute Gasteiger partial charge is 0.280 e. The quantitative estimate of drug-likeness (QED) is 0.562. The van der Waals surface area contributed by atoms with Gasteiger partial charge in [0.05, 0.1) is 0 Å². The molecular weight excluding hydrogens is 200 g/mol. The molecule has 3 rings (SSSR count). The first-order chi connectivity index (χ1) is 6.86. The Morgan fingerprint density at radius 3 is 2.93 bits per heavy atom. The van der Waals surface area contributed by atoms with Crippen molar-refractivity contribution in [3.63, 3.8) is 0 Å². The number of pyridine rings is 1. The highest BCUT2D eigenvalue weighted by Gasteiger charge is 2.06. The lowest BCUT2D eigenvalue weighted by atomic mass is 10.4. The van der Waals surface area contributed by atoms with E-state index in [1.165, 1.54) is 0 Å². The molecule has 0 amide bonds. The van der Waals surface area contributed by atoms with Gasteiger partial charge < -0.3 is 0 Å². The Morgan fingerprint density at radius 2 is 2.00 bits per heavy atom. The van der Waals surface area contributed by atoms with Gasteiger partial charge in [-0.2, -0.15) is 0 Å². The summed E-state index contributed by atoms with van der Waals surface area (Å²) in [5.41, 5.74) is 2.17. The third-order valence-electron chi connectivity index (χ3n) is 2.04. The van der Waals surface area contributed by atoms with E-state index in [1.807, 2.05) is 22.7 Å². The maximum Gasteiger partial charge on any atom is 0.176 e. The first-order valence-electron chi connectivity index (χ1n) is 4.09. The number of hydrogen-bond acceptors (Lipinski definition) is 3. The summed E-state index contributed by atoms with van der Waals surface area (Å²) in [5, 5.41) is 0.399. The fourth-order valence-electron chi connectivity index (χ4n) is 1.44. The maximum absolute atomic E-state index is 5.96. The summed E-state index contributed by atoms with van der Waals surface area (Å²) in [6, 6.07) is 3.70. The molecule has 0 aliphatic heterocycles. The summed E-state index contributed by atoms with van der Waals surface area (Å²) >= 11 is 5.96. The number of halogens is 1. The van der Waals surface area contributed by atoms with Gasteiger partial charge in [-0.15, -0.1) is 0 Å². The zero-order valence-electron chi connectivity index (χ0n) is 7.05. The minimum atomic E-state index is 0.399. The van der Waals surface area contributed by atoms with Crippen molar-refractivity contribution < 1.29 is 0 Å². The van der Waals surface area contributed by atoms with E-state index >= 15 is 0 Å². The standard InChI is InChI=1S/C9H5ClN4/c10-7-9-12-4-5-14(9)8-6(13-7)2-1-3-11-8/h1-5H. The van der Waals surface area contributed by atoms with Crippen LogP contribution < -0.4 is 0 Å². The van der Waals surface area contributed by atoms with E-state index in [1.54, 1.807) is 12.4 Å². The summed E-state index contributed by atoms with van der Waals surface area (Å²) in [5.74, 6) is 0. The number of rotatable bonds is 0. The lowest BCUT2D eigenvalue weighted by molar-refractivity contribution is 1.15. The lowest BCUT2D eigenvalue weighted by Gasteiger charge is -2.00. The van der Waals surface area contributed by atoms with Gasteiger partial charge in [-0.25, -0.2) is 15.0 Å². The van der Waals surface area contributed by atoms with Crippen molar-refractivity contribution in [2.75, 3.05) is 0 Å². The predicted molar refractivity (Wildman–Crippen MR) is 53.3 cm³/mol. The van der Waals surface area contributed by atoms with E-state index in [9.17, 15) is 0 Å². The van der Waals surface area contributed by atoms with E-state index in [4.69, 9.17) is 11.6 Å². The number of imidazole rings is 1. The van der Waals surface area contributed by atoms with Crippen LogP contribution in [0, 0.1) is 0 Å².